The van der Waals surface area contributed by atoms with Crippen LogP contribution in [0, 0.1) is 5.92 Å². The van der Waals surface area contributed by atoms with Crippen molar-refractivity contribution < 1.29 is 0 Å². The van der Waals surface area contributed by atoms with E-state index >= 15 is 0 Å². The molecule has 26 heavy (non-hydrogen) atoms. The zero-order valence-corrected chi connectivity index (χ0v) is 17.9. The summed E-state index contributed by atoms with van der Waals surface area (Å²) in [7, 11) is 4.44. The maximum absolute atomic E-state index is 5.00. The molecule has 1 heterocycles. The fourth-order valence-electron chi connectivity index (χ4n) is 4.51. The Morgan fingerprint density at radius 3 is 2.27 bits per heavy atom. The quantitative estimate of drug-likeness (QED) is 0.538. The predicted octanol–water partition coefficient (Wildman–Crippen LogP) is 2.92. The van der Waals surface area contributed by atoms with Crippen LogP contribution in [0.3, 0.4) is 0 Å². The second kappa shape index (κ2) is 11.1. The van der Waals surface area contributed by atoms with E-state index in [4.69, 9.17) is 4.99 Å². The van der Waals surface area contributed by atoms with Gasteiger partial charge in [-0.25, -0.2) is 0 Å². The van der Waals surface area contributed by atoms with Crippen molar-refractivity contribution in [1.29, 1.82) is 0 Å². The smallest absolute Gasteiger partial charge is 0.191 e. The molecule has 0 aromatic rings. The van der Waals surface area contributed by atoms with Crippen molar-refractivity contribution in [2.24, 2.45) is 10.9 Å². The first-order chi connectivity index (χ1) is 12.5. The summed E-state index contributed by atoms with van der Waals surface area (Å²) in [6.45, 7) is 11.0. The molecule has 1 saturated heterocycles. The molecule has 2 rings (SSSR count). The van der Waals surface area contributed by atoms with Crippen molar-refractivity contribution in [2.75, 3.05) is 40.3 Å². The van der Waals surface area contributed by atoms with Gasteiger partial charge in [0, 0.05) is 37.8 Å². The largest absolute Gasteiger partial charge is 0.357 e. The molecule has 2 N–H and O–H groups in total. The molecule has 2 fully saturated rings. The average Bonchev–Trinajstić information content (AvgIpc) is 2.63. The number of likely N-dealkylation sites (tertiary alicyclic amines) is 1. The van der Waals surface area contributed by atoms with Gasteiger partial charge in [-0.1, -0.05) is 19.3 Å². The van der Waals surface area contributed by atoms with Gasteiger partial charge >= 0.3 is 0 Å². The zero-order valence-electron chi connectivity index (χ0n) is 17.9. The molecule has 1 unspecified atom stereocenters. The second-order valence-electron chi connectivity index (χ2n) is 8.70. The van der Waals surface area contributed by atoms with Crippen molar-refractivity contribution in [3.8, 4) is 0 Å². The number of likely N-dealkylation sites (N-methyl/N-ethyl adjacent to an activating group) is 1. The summed E-state index contributed by atoms with van der Waals surface area (Å²) in [5.74, 6) is 1.82. The van der Waals surface area contributed by atoms with E-state index in [0.717, 1.165) is 25.0 Å². The minimum absolute atomic E-state index is 0.551. The van der Waals surface area contributed by atoms with Crippen molar-refractivity contribution in [2.45, 2.75) is 83.8 Å². The summed E-state index contributed by atoms with van der Waals surface area (Å²) < 4.78 is 0. The number of aliphatic imine (C=N–C) groups is 1. The van der Waals surface area contributed by atoms with Crippen LogP contribution in [-0.4, -0.2) is 74.2 Å². The van der Waals surface area contributed by atoms with Gasteiger partial charge in [0.1, 0.15) is 0 Å². The summed E-state index contributed by atoms with van der Waals surface area (Å²) in [6.07, 6.45) is 9.37. The van der Waals surface area contributed by atoms with Gasteiger partial charge < -0.3 is 20.4 Å². The first-order valence-corrected chi connectivity index (χ1v) is 11.0. The zero-order chi connectivity index (χ0) is 18.9. The number of guanidine groups is 1. The molecule has 2 aliphatic rings. The molecule has 1 atom stereocenters. The summed E-state index contributed by atoms with van der Waals surface area (Å²) in [5, 5.41) is 7.18. The van der Waals surface area contributed by atoms with Crippen LogP contribution in [0.1, 0.15) is 65.7 Å². The maximum Gasteiger partial charge on any atom is 0.191 e. The number of nitrogens with zero attached hydrogens (tertiary/aromatic N) is 3. The monoisotopic (exact) mass is 365 g/mol. The third-order valence-corrected chi connectivity index (χ3v) is 6.24. The highest BCUT2D eigenvalue weighted by Gasteiger charge is 2.26. The van der Waals surface area contributed by atoms with E-state index in [9.17, 15) is 0 Å². The molecule has 0 spiro atoms. The molecular weight excluding hydrogens is 322 g/mol. The van der Waals surface area contributed by atoms with Gasteiger partial charge in [0.15, 0.2) is 5.96 Å². The van der Waals surface area contributed by atoms with Crippen LogP contribution in [-0.2, 0) is 0 Å². The lowest BCUT2D eigenvalue weighted by molar-refractivity contribution is 0.166. The van der Waals surface area contributed by atoms with Crippen LogP contribution < -0.4 is 10.6 Å². The van der Waals surface area contributed by atoms with Gasteiger partial charge in [-0.05, 0) is 66.5 Å². The third kappa shape index (κ3) is 6.73. The lowest BCUT2D eigenvalue weighted by atomic mass is 9.83. The van der Waals surface area contributed by atoms with Crippen molar-refractivity contribution in [3.05, 3.63) is 0 Å². The Bertz CT molecular complexity index is 407. The summed E-state index contributed by atoms with van der Waals surface area (Å²) in [4.78, 5) is 9.97. The van der Waals surface area contributed by atoms with Gasteiger partial charge in [-0.15, -0.1) is 0 Å². The minimum atomic E-state index is 0.551. The number of hydrogen-bond donors (Lipinski definition) is 2. The van der Waals surface area contributed by atoms with E-state index in [1.165, 1.54) is 58.0 Å². The Hall–Kier alpha value is -0.810. The number of nitrogens with one attached hydrogen (secondary N) is 2. The highest BCUT2D eigenvalue weighted by Crippen LogP contribution is 2.28. The van der Waals surface area contributed by atoms with Gasteiger partial charge in [0.05, 0.1) is 6.54 Å². The Morgan fingerprint density at radius 2 is 1.73 bits per heavy atom. The normalized spacial score (nSPS) is 22.8. The molecule has 0 amide bonds. The molecule has 152 valence electrons. The first-order valence-electron chi connectivity index (χ1n) is 11.0. The summed E-state index contributed by atoms with van der Waals surface area (Å²) in [6, 6.07) is 1.78. The number of hydrogen-bond acceptors (Lipinski definition) is 3. The Morgan fingerprint density at radius 1 is 1.08 bits per heavy atom. The topological polar surface area (TPSA) is 42.9 Å². The summed E-state index contributed by atoms with van der Waals surface area (Å²) in [5.41, 5.74) is 0. The van der Waals surface area contributed by atoms with Crippen molar-refractivity contribution in [3.63, 3.8) is 0 Å². The SMILES string of the molecule is CCNC(=NCC(C1CCCCC1)N(C)C)NC1CCN(C(C)C)CC1. The van der Waals surface area contributed by atoms with E-state index in [0.29, 0.717) is 18.1 Å². The third-order valence-electron chi connectivity index (χ3n) is 6.24. The van der Waals surface area contributed by atoms with Crippen LogP contribution in [0.25, 0.3) is 0 Å². The lowest BCUT2D eigenvalue weighted by Crippen LogP contribution is -2.50. The fourth-order valence-corrected chi connectivity index (χ4v) is 4.51. The molecule has 1 aliphatic heterocycles. The molecular formula is C21H43N5. The van der Waals surface area contributed by atoms with Crippen molar-refractivity contribution in [1.82, 2.24) is 20.4 Å². The van der Waals surface area contributed by atoms with Gasteiger partial charge in [-0.2, -0.15) is 0 Å². The van der Waals surface area contributed by atoms with E-state index in [2.05, 4.69) is 55.3 Å². The van der Waals surface area contributed by atoms with Crippen LogP contribution in [0.4, 0.5) is 0 Å². The van der Waals surface area contributed by atoms with Gasteiger partial charge in [0.25, 0.3) is 0 Å². The predicted molar refractivity (Wildman–Crippen MR) is 113 cm³/mol. The van der Waals surface area contributed by atoms with Crippen LogP contribution >= 0.6 is 0 Å². The molecule has 1 aliphatic carbocycles. The molecule has 0 radical (unpaired) electrons. The molecule has 1 saturated carbocycles. The fraction of sp³-hybridized carbons (Fsp3) is 0.952. The number of rotatable bonds is 7. The molecule has 0 aromatic heterocycles. The molecule has 5 nitrogen and oxygen atoms in total. The Balaban J connectivity index is 1.90. The average molecular weight is 366 g/mol. The van der Waals surface area contributed by atoms with E-state index in [1.54, 1.807) is 0 Å². The molecule has 5 heteroatoms. The van der Waals surface area contributed by atoms with Gasteiger partial charge in [-0.3, -0.25) is 4.99 Å². The summed E-state index contributed by atoms with van der Waals surface area (Å²) >= 11 is 0. The van der Waals surface area contributed by atoms with Crippen LogP contribution in [0.2, 0.25) is 0 Å². The van der Waals surface area contributed by atoms with Crippen LogP contribution in [0.15, 0.2) is 4.99 Å². The highest BCUT2D eigenvalue weighted by atomic mass is 15.2. The maximum atomic E-state index is 5.00. The minimum Gasteiger partial charge on any atom is -0.357 e. The van der Waals surface area contributed by atoms with Crippen LogP contribution in [0.5, 0.6) is 0 Å². The van der Waals surface area contributed by atoms with E-state index in [-0.39, 0.29) is 0 Å². The van der Waals surface area contributed by atoms with Gasteiger partial charge in [0.2, 0.25) is 0 Å². The Labute approximate surface area is 162 Å². The Kier molecular flexibility index (Phi) is 9.20. The number of piperidine rings is 1. The second-order valence-corrected chi connectivity index (χ2v) is 8.70. The van der Waals surface area contributed by atoms with E-state index < -0.39 is 0 Å². The lowest BCUT2D eigenvalue weighted by Gasteiger charge is -2.36. The molecule has 0 bridgehead atoms. The van der Waals surface area contributed by atoms with E-state index in [1.807, 2.05) is 0 Å². The van der Waals surface area contributed by atoms with Crippen molar-refractivity contribution >= 4 is 5.96 Å². The standard InChI is InChI=1S/C21H43N5/c1-6-22-21(24-19-12-14-26(15-13-19)17(2)3)23-16-20(25(4)5)18-10-8-7-9-11-18/h17-20H,6-16H2,1-5H3,(H2,22,23,24). The highest BCUT2D eigenvalue weighted by molar-refractivity contribution is 5.80. The molecule has 0 aromatic carbocycles. The first kappa shape index (κ1) is 21.5.